The minimum atomic E-state index is -0.901. The lowest BCUT2D eigenvalue weighted by molar-refractivity contribution is -0.150. The zero-order valence-electron chi connectivity index (χ0n) is 17.7. The zero-order valence-corrected chi connectivity index (χ0v) is 17.7. The number of fused-ring (bicyclic) bond motifs is 3. The van der Waals surface area contributed by atoms with Crippen molar-refractivity contribution in [3.8, 4) is 23.0 Å². The minimum Gasteiger partial charge on any atom is -0.465 e. The smallest absolute Gasteiger partial charge is 0.334 e. The number of carbonyl (C=O) groups is 2. The van der Waals surface area contributed by atoms with Crippen molar-refractivity contribution in [1.82, 2.24) is 0 Å². The molecule has 2 aromatic carbocycles. The van der Waals surface area contributed by atoms with Gasteiger partial charge in [0.15, 0.2) is 23.0 Å². The molecule has 0 radical (unpaired) electrons. The molecule has 2 atom stereocenters. The number of hydrogen-bond acceptors (Lipinski definition) is 8. The lowest BCUT2D eigenvalue weighted by Crippen LogP contribution is -2.33. The standard InChI is InChI=1S/C24H22O8/c1-3-27-23(25)16-7-14-9-19-20(32-12-31-19)10-15(14)21(22(16)24(26)28-4-2)13-5-6-17-18(8-13)30-11-29-17/h5-10,21-22H,3-4,11-12H2,1-2H3/t21-,22-/m1/s1. The van der Waals surface area contributed by atoms with E-state index < -0.39 is 23.8 Å². The van der Waals surface area contributed by atoms with E-state index in [1.807, 2.05) is 24.3 Å². The van der Waals surface area contributed by atoms with Crippen LogP contribution < -0.4 is 18.9 Å². The van der Waals surface area contributed by atoms with Crippen LogP contribution in [0.3, 0.4) is 0 Å². The van der Waals surface area contributed by atoms with Crippen LogP contribution in [-0.2, 0) is 19.1 Å². The van der Waals surface area contributed by atoms with Crippen molar-refractivity contribution < 1.29 is 38.0 Å². The van der Waals surface area contributed by atoms with E-state index in [0.717, 1.165) is 16.7 Å². The summed E-state index contributed by atoms with van der Waals surface area (Å²) in [6, 6.07) is 9.18. The predicted molar refractivity (Wildman–Crippen MR) is 112 cm³/mol. The molecule has 2 heterocycles. The highest BCUT2D eigenvalue weighted by molar-refractivity contribution is 6.02. The Kier molecular flexibility index (Phi) is 5.13. The fourth-order valence-electron chi connectivity index (χ4n) is 4.36. The van der Waals surface area contributed by atoms with E-state index in [0.29, 0.717) is 23.0 Å². The Morgan fingerprint density at radius 3 is 2.25 bits per heavy atom. The topological polar surface area (TPSA) is 89.5 Å². The van der Waals surface area contributed by atoms with Gasteiger partial charge in [0.1, 0.15) is 0 Å². The Morgan fingerprint density at radius 2 is 1.53 bits per heavy atom. The Bertz CT molecular complexity index is 1120. The molecule has 0 fully saturated rings. The van der Waals surface area contributed by atoms with Gasteiger partial charge in [-0.05, 0) is 60.9 Å². The summed E-state index contributed by atoms with van der Waals surface area (Å²) in [5, 5.41) is 0. The van der Waals surface area contributed by atoms with Gasteiger partial charge in [0.2, 0.25) is 13.6 Å². The predicted octanol–water partition coefficient (Wildman–Crippen LogP) is 3.42. The van der Waals surface area contributed by atoms with E-state index in [-0.39, 0.29) is 32.4 Å². The monoisotopic (exact) mass is 438 g/mol. The van der Waals surface area contributed by atoms with Gasteiger partial charge in [-0.15, -0.1) is 0 Å². The van der Waals surface area contributed by atoms with Crippen LogP contribution in [0, 0.1) is 5.92 Å². The molecule has 0 saturated carbocycles. The van der Waals surface area contributed by atoms with Crippen LogP contribution in [-0.4, -0.2) is 38.7 Å². The third-order valence-electron chi connectivity index (χ3n) is 5.70. The van der Waals surface area contributed by atoms with Gasteiger partial charge in [-0.3, -0.25) is 4.79 Å². The van der Waals surface area contributed by atoms with Gasteiger partial charge in [0.25, 0.3) is 0 Å². The largest absolute Gasteiger partial charge is 0.465 e. The van der Waals surface area contributed by atoms with E-state index in [4.69, 9.17) is 28.4 Å². The molecular formula is C24H22O8. The molecule has 1 aliphatic carbocycles. The summed E-state index contributed by atoms with van der Waals surface area (Å²) in [6.07, 6.45) is 1.68. The summed E-state index contributed by atoms with van der Waals surface area (Å²) in [5.41, 5.74) is 2.58. The van der Waals surface area contributed by atoms with Crippen LogP contribution in [0.5, 0.6) is 23.0 Å². The third-order valence-corrected chi connectivity index (χ3v) is 5.70. The van der Waals surface area contributed by atoms with Crippen LogP contribution in [0.1, 0.15) is 36.5 Å². The van der Waals surface area contributed by atoms with Gasteiger partial charge in [-0.25, -0.2) is 4.79 Å². The van der Waals surface area contributed by atoms with Gasteiger partial charge >= 0.3 is 11.9 Å². The number of carbonyl (C=O) groups excluding carboxylic acids is 2. The van der Waals surface area contributed by atoms with Crippen molar-refractivity contribution in [1.29, 1.82) is 0 Å². The first-order chi connectivity index (χ1) is 15.6. The summed E-state index contributed by atoms with van der Waals surface area (Å²) in [5.74, 6) is -0.103. The molecule has 0 saturated heterocycles. The van der Waals surface area contributed by atoms with Crippen LogP contribution in [0.4, 0.5) is 0 Å². The van der Waals surface area contributed by atoms with Gasteiger partial charge in [-0.1, -0.05) is 6.07 Å². The number of benzene rings is 2. The van der Waals surface area contributed by atoms with Gasteiger partial charge in [0, 0.05) is 5.92 Å². The normalized spacial score (nSPS) is 19.8. The Hall–Kier alpha value is -3.68. The molecule has 2 aromatic rings. The molecule has 0 amide bonds. The molecule has 5 rings (SSSR count). The van der Waals surface area contributed by atoms with Crippen molar-refractivity contribution in [3.63, 3.8) is 0 Å². The quantitative estimate of drug-likeness (QED) is 0.656. The molecule has 0 unspecified atom stereocenters. The number of rotatable bonds is 5. The van der Waals surface area contributed by atoms with Crippen molar-refractivity contribution in [2.75, 3.05) is 26.8 Å². The van der Waals surface area contributed by atoms with E-state index in [2.05, 4.69) is 0 Å². The minimum absolute atomic E-state index is 0.114. The highest BCUT2D eigenvalue weighted by atomic mass is 16.7. The van der Waals surface area contributed by atoms with Gasteiger partial charge < -0.3 is 28.4 Å². The summed E-state index contributed by atoms with van der Waals surface area (Å²) in [6.45, 7) is 4.08. The molecule has 3 aliphatic rings. The molecular weight excluding hydrogens is 416 g/mol. The average molecular weight is 438 g/mol. The SMILES string of the molecule is CCOC(=O)C1=Cc2cc3c(cc2[C@@H](c2ccc4c(c2)OCO4)[C@@H]1C(=O)OCC)OCO3. The maximum atomic E-state index is 13.2. The molecule has 0 bridgehead atoms. The number of esters is 2. The molecule has 0 aromatic heterocycles. The second-order valence-corrected chi connectivity index (χ2v) is 7.47. The third kappa shape index (κ3) is 3.32. The molecule has 2 aliphatic heterocycles. The first-order valence-corrected chi connectivity index (χ1v) is 10.5. The first kappa shape index (κ1) is 20.2. The van der Waals surface area contributed by atoms with E-state index >= 15 is 0 Å². The van der Waals surface area contributed by atoms with Crippen molar-refractivity contribution in [3.05, 3.63) is 52.6 Å². The second kappa shape index (κ2) is 8.11. The fraction of sp³-hybridized carbons (Fsp3) is 0.333. The Morgan fingerprint density at radius 1 is 0.875 bits per heavy atom. The molecule has 8 heteroatoms. The highest BCUT2D eigenvalue weighted by Gasteiger charge is 2.43. The maximum absolute atomic E-state index is 13.2. The lowest BCUT2D eigenvalue weighted by Gasteiger charge is -2.32. The fourth-order valence-corrected chi connectivity index (χ4v) is 4.36. The number of hydrogen-bond donors (Lipinski definition) is 0. The molecule has 0 spiro atoms. The van der Waals surface area contributed by atoms with Crippen LogP contribution in [0.2, 0.25) is 0 Å². The summed E-state index contributed by atoms with van der Waals surface area (Å²) in [7, 11) is 0. The summed E-state index contributed by atoms with van der Waals surface area (Å²) in [4.78, 5) is 26.1. The highest BCUT2D eigenvalue weighted by Crippen LogP contribution is 2.49. The van der Waals surface area contributed by atoms with Crippen molar-refractivity contribution in [2.45, 2.75) is 19.8 Å². The maximum Gasteiger partial charge on any atom is 0.334 e. The lowest BCUT2D eigenvalue weighted by atomic mass is 9.71. The zero-order chi connectivity index (χ0) is 22.2. The molecule has 8 nitrogen and oxygen atoms in total. The van der Waals surface area contributed by atoms with Crippen LogP contribution in [0.25, 0.3) is 6.08 Å². The van der Waals surface area contributed by atoms with E-state index in [1.165, 1.54) is 0 Å². The van der Waals surface area contributed by atoms with Crippen molar-refractivity contribution in [2.24, 2.45) is 5.92 Å². The van der Waals surface area contributed by atoms with Gasteiger partial charge in [-0.2, -0.15) is 0 Å². The molecule has 32 heavy (non-hydrogen) atoms. The van der Waals surface area contributed by atoms with Crippen molar-refractivity contribution >= 4 is 18.0 Å². The Balaban J connectivity index is 1.71. The summed E-state index contributed by atoms with van der Waals surface area (Å²) < 4.78 is 32.8. The first-order valence-electron chi connectivity index (χ1n) is 10.5. The van der Waals surface area contributed by atoms with E-state index in [9.17, 15) is 9.59 Å². The Labute approximate surface area is 184 Å². The van der Waals surface area contributed by atoms with E-state index in [1.54, 1.807) is 26.0 Å². The number of ether oxygens (including phenoxy) is 6. The molecule has 166 valence electrons. The average Bonchev–Trinajstić information content (AvgIpc) is 3.44. The van der Waals surface area contributed by atoms with Crippen LogP contribution in [0.15, 0.2) is 35.9 Å². The van der Waals surface area contributed by atoms with Crippen LogP contribution >= 0.6 is 0 Å². The van der Waals surface area contributed by atoms with Gasteiger partial charge in [0.05, 0.1) is 24.7 Å². The second-order valence-electron chi connectivity index (χ2n) is 7.47. The summed E-state index contributed by atoms with van der Waals surface area (Å²) >= 11 is 0. The molecule has 0 N–H and O–H groups in total.